The Morgan fingerprint density at radius 1 is 1.03 bits per heavy atom. The third-order valence-corrected chi connectivity index (χ3v) is 5.33. The van der Waals surface area contributed by atoms with Gasteiger partial charge < -0.3 is 19.3 Å². The van der Waals surface area contributed by atoms with E-state index in [1.807, 2.05) is 11.0 Å². The highest BCUT2D eigenvalue weighted by Gasteiger charge is 2.24. The number of esters is 1. The van der Waals surface area contributed by atoms with Crippen LogP contribution in [0.3, 0.4) is 0 Å². The van der Waals surface area contributed by atoms with Gasteiger partial charge in [0.15, 0.2) is 19.0 Å². The minimum Gasteiger partial charge on any atom is -0.482 e. The minimum atomic E-state index is -0.639. The number of hydrogen-bond donors (Lipinski definition) is 0. The lowest BCUT2D eigenvalue weighted by atomic mass is 10.1. The first kappa shape index (κ1) is 22.7. The Balaban J connectivity index is 1.43. The van der Waals surface area contributed by atoms with Crippen molar-refractivity contribution in [3.63, 3.8) is 0 Å². The topological polar surface area (TPSA) is 76.2 Å². The van der Waals surface area contributed by atoms with Crippen LogP contribution in [0, 0.1) is 5.82 Å². The first-order valence-corrected chi connectivity index (χ1v) is 10.5. The van der Waals surface area contributed by atoms with Gasteiger partial charge >= 0.3 is 5.97 Å². The molecule has 1 amide bonds. The number of Topliss-reactive ketones (excluding diaryl/α,β-unsaturated/α-hetero) is 1. The number of anilines is 1. The van der Waals surface area contributed by atoms with Gasteiger partial charge in [-0.1, -0.05) is 22.0 Å². The van der Waals surface area contributed by atoms with E-state index in [-0.39, 0.29) is 24.9 Å². The summed E-state index contributed by atoms with van der Waals surface area (Å²) in [4.78, 5) is 38.9. The summed E-state index contributed by atoms with van der Waals surface area (Å²) in [6.45, 7) is 2.33. The van der Waals surface area contributed by atoms with Gasteiger partial charge in [0, 0.05) is 36.2 Å². The van der Waals surface area contributed by atoms with Gasteiger partial charge in [0.25, 0.3) is 5.91 Å². The van der Waals surface area contributed by atoms with Crippen molar-refractivity contribution < 1.29 is 28.2 Å². The molecule has 1 aliphatic rings. The first-order valence-electron chi connectivity index (χ1n) is 9.70. The molecule has 31 heavy (non-hydrogen) atoms. The van der Waals surface area contributed by atoms with Gasteiger partial charge in [0.05, 0.1) is 5.69 Å². The monoisotopic (exact) mass is 492 g/mol. The number of hydrogen-bond acceptors (Lipinski definition) is 6. The minimum absolute atomic E-state index is 0.197. The van der Waals surface area contributed by atoms with Crippen molar-refractivity contribution in [3.05, 3.63) is 58.3 Å². The van der Waals surface area contributed by atoms with E-state index in [4.69, 9.17) is 9.47 Å². The predicted octanol–water partition coefficient (Wildman–Crippen LogP) is 3.06. The number of rotatable bonds is 7. The predicted molar refractivity (Wildman–Crippen MR) is 116 cm³/mol. The standard InChI is InChI=1S/C22H22BrFN2O5/c1-15(27)16-5-6-20(19(24)11-16)25-7-9-26(10-8-25)21(28)13-31-22(29)14-30-18-4-2-3-17(23)12-18/h2-6,11-12H,7-10,13-14H2,1H3. The van der Waals surface area contributed by atoms with Crippen LogP contribution in [0.15, 0.2) is 46.9 Å². The van der Waals surface area contributed by atoms with Crippen LogP contribution in [0.5, 0.6) is 5.75 Å². The van der Waals surface area contributed by atoms with E-state index in [0.29, 0.717) is 43.2 Å². The zero-order chi connectivity index (χ0) is 22.4. The average molecular weight is 493 g/mol. The number of halogens is 2. The van der Waals surface area contributed by atoms with Gasteiger partial charge in [0.1, 0.15) is 11.6 Å². The molecule has 1 aliphatic heterocycles. The molecule has 1 heterocycles. The summed E-state index contributed by atoms with van der Waals surface area (Å²) >= 11 is 3.31. The molecule has 0 spiro atoms. The molecule has 9 heteroatoms. The molecular formula is C22H22BrFN2O5. The van der Waals surface area contributed by atoms with E-state index in [0.717, 1.165) is 4.47 Å². The van der Waals surface area contributed by atoms with Gasteiger partial charge in [-0.25, -0.2) is 9.18 Å². The second-order valence-corrected chi connectivity index (χ2v) is 7.91. The summed E-state index contributed by atoms with van der Waals surface area (Å²) in [7, 11) is 0. The first-order chi connectivity index (χ1) is 14.8. The summed E-state index contributed by atoms with van der Waals surface area (Å²) in [5.41, 5.74) is 0.717. The number of ketones is 1. The Morgan fingerprint density at radius 3 is 2.42 bits per heavy atom. The molecule has 1 fully saturated rings. The second kappa shape index (κ2) is 10.4. The van der Waals surface area contributed by atoms with Gasteiger partial charge in [0.2, 0.25) is 0 Å². The number of nitrogens with zero attached hydrogens (tertiary/aromatic N) is 2. The molecule has 7 nitrogen and oxygen atoms in total. The van der Waals surface area contributed by atoms with E-state index >= 15 is 0 Å². The van der Waals surface area contributed by atoms with Crippen LogP contribution in [-0.2, 0) is 14.3 Å². The Labute approximate surface area is 187 Å². The maximum Gasteiger partial charge on any atom is 0.344 e. The van der Waals surface area contributed by atoms with E-state index in [9.17, 15) is 18.8 Å². The van der Waals surface area contributed by atoms with Gasteiger partial charge in [-0.3, -0.25) is 9.59 Å². The molecule has 2 aromatic rings. The summed E-state index contributed by atoms with van der Waals surface area (Å²) in [5, 5.41) is 0. The van der Waals surface area contributed by atoms with Gasteiger partial charge in [-0.15, -0.1) is 0 Å². The molecule has 0 radical (unpaired) electrons. The molecule has 3 rings (SSSR count). The van der Waals surface area contributed by atoms with Crippen LogP contribution in [0.25, 0.3) is 0 Å². The number of carbonyl (C=O) groups is 3. The number of benzene rings is 2. The highest BCUT2D eigenvalue weighted by molar-refractivity contribution is 9.10. The second-order valence-electron chi connectivity index (χ2n) is 7.00. The van der Waals surface area contributed by atoms with Crippen molar-refractivity contribution in [1.29, 1.82) is 0 Å². The Morgan fingerprint density at radius 2 is 1.77 bits per heavy atom. The molecule has 0 unspecified atom stereocenters. The third kappa shape index (κ3) is 6.27. The van der Waals surface area contributed by atoms with Crippen molar-refractivity contribution in [2.75, 3.05) is 44.3 Å². The lowest BCUT2D eigenvalue weighted by Gasteiger charge is -2.36. The number of piperazine rings is 1. The van der Waals surface area contributed by atoms with Crippen molar-refractivity contribution in [2.24, 2.45) is 0 Å². The maximum absolute atomic E-state index is 14.3. The summed E-state index contributed by atoms with van der Waals surface area (Å²) < 4.78 is 25.5. The highest BCUT2D eigenvalue weighted by Crippen LogP contribution is 2.22. The summed E-state index contributed by atoms with van der Waals surface area (Å²) in [6, 6.07) is 11.4. The summed E-state index contributed by atoms with van der Waals surface area (Å²) in [5.74, 6) is -1.11. The zero-order valence-electron chi connectivity index (χ0n) is 17.0. The lowest BCUT2D eigenvalue weighted by molar-refractivity contribution is -0.153. The average Bonchev–Trinajstić information content (AvgIpc) is 2.76. The zero-order valence-corrected chi connectivity index (χ0v) is 18.6. The van der Waals surface area contributed by atoms with E-state index in [1.54, 1.807) is 35.2 Å². The fourth-order valence-corrected chi connectivity index (χ4v) is 3.53. The Hall–Kier alpha value is -2.94. The molecule has 0 atom stereocenters. The number of ether oxygens (including phenoxy) is 2. The largest absolute Gasteiger partial charge is 0.482 e. The van der Waals surface area contributed by atoms with Crippen molar-refractivity contribution in [2.45, 2.75) is 6.92 Å². The van der Waals surface area contributed by atoms with Gasteiger partial charge in [-0.2, -0.15) is 0 Å². The summed E-state index contributed by atoms with van der Waals surface area (Å²) in [6.07, 6.45) is 0. The SMILES string of the molecule is CC(=O)c1ccc(N2CCN(C(=O)COC(=O)COc3cccc(Br)c3)CC2)c(F)c1. The molecule has 1 saturated heterocycles. The number of carbonyl (C=O) groups excluding carboxylic acids is 3. The molecule has 0 bridgehead atoms. The van der Waals surface area contributed by atoms with Crippen molar-refractivity contribution in [1.82, 2.24) is 4.90 Å². The Kier molecular flexibility index (Phi) is 7.62. The fraction of sp³-hybridized carbons (Fsp3) is 0.318. The van der Waals surface area contributed by atoms with E-state index < -0.39 is 11.8 Å². The number of amides is 1. The molecule has 0 N–H and O–H groups in total. The quantitative estimate of drug-likeness (QED) is 0.436. The maximum atomic E-state index is 14.3. The van der Waals surface area contributed by atoms with Gasteiger partial charge in [-0.05, 0) is 43.3 Å². The van der Waals surface area contributed by atoms with Crippen LogP contribution in [-0.4, -0.2) is 62.0 Å². The highest BCUT2D eigenvalue weighted by atomic mass is 79.9. The van der Waals surface area contributed by atoms with Crippen LogP contribution >= 0.6 is 15.9 Å². The Bertz CT molecular complexity index is 976. The van der Waals surface area contributed by atoms with E-state index in [1.165, 1.54) is 13.0 Å². The van der Waals surface area contributed by atoms with Crippen molar-refractivity contribution in [3.8, 4) is 5.75 Å². The molecular weight excluding hydrogens is 471 g/mol. The fourth-order valence-electron chi connectivity index (χ4n) is 3.15. The van der Waals surface area contributed by atoms with E-state index in [2.05, 4.69) is 15.9 Å². The molecule has 0 aliphatic carbocycles. The van der Waals surface area contributed by atoms with Crippen LogP contribution < -0.4 is 9.64 Å². The normalized spacial score (nSPS) is 13.6. The van der Waals surface area contributed by atoms with Crippen LogP contribution in [0.4, 0.5) is 10.1 Å². The molecule has 0 aromatic heterocycles. The van der Waals surface area contributed by atoms with Crippen LogP contribution in [0.2, 0.25) is 0 Å². The van der Waals surface area contributed by atoms with Crippen molar-refractivity contribution >= 4 is 39.3 Å². The lowest BCUT2D eigenvalue weighted by Crippen LogP contribution is -2.50. The molecule has 164 valence electrons. The molecule has 0 saturated carbocycles. The smallest absolute Gasteiger partial charge is 0.344 e. The third-order valence-electron chi connectivity index (χ3n) is 4.84. The van der Waals surface area contributed by atoms with Crippen LogP contribution in [0.1, 0.15) is 17.3 Å². The molecule has 2 aromatic carbocycles.